The first-order valence-electron chi connectivity index (χ1n) is 5.37. The lowest BCUT2D eigenvalue weighted by atomic mass is 9.99. The first kappa shape index (κ1) is 9.65. The van der Waals surface area contributed by atoms with E-state index in [1.807, 2.05) is 0 Å². The minimum absolute atomic E-state index is 0.420. The molecule has 1 unspecified atom stereocenters. The molecular formula is C10H18N4. The molecule has 4 nitrogen and oxygen atoms in total. The van der Waals surface area contributed by atoms with E-state index in [-0.39, 0.29) is 0 Å². The molecule has 1 aromatic rings. The molecule has 4 heteroatoms. The molecule has 2 rings (SSSR count). The normalized spacial score (nSPS) is 21.3. The summed E-state index contributed by atoms with van der Waals surface area (Å²) in [4.78, 5) is 0. The molecule has 2 heterocycles. The van der Waals surface area contributed by atoms with Crippen molar-refractivity contribution in [2.75, 3.05) is 6.54 Å². The maximum atomic E-state index is 5.72. The van der Waals surface area contributed by atoms with E-state index in [0.29, 0.717) is 18.4 Å². The molecule has 0 fully saturated rings. The summed E-state index contributed by atoms with van der Waals surface area (Å²) in [5.74, 6) is 3.08. The summed E-state index contributed by atoms with van der Waals surface area (Å²) in [7, 11) is 0. The molecule has 0 saturated carbocycles. The second-order valence-electron chi connectivity index (χ2n) is 4.30. The number of aromatic nitrogens is 3. The van der Waals surface area contributed by atoms with Gasteiger partial charge in [-0.2, -0.15) is 0 Å². The van der Waals surface area contributed by atoms with Crippen molar-refractivity contribution >= 4 is 0 Å². The highest BCUT2D eigenvalue weighted by Gasteiger charge is 2.24. The first-order chi connectivity index (χ1) is 6.74. The zero-order chi connectivity index (χ0) is 10.1. The Morgan fingerprint density at radius 3 is 2.93 bits per heavy atom. The van der Waals surface area contributed by atoms with Crippen LogP contribution in [-0.2, 0) is 6.54 Å². The Labute approximate surface area is 84.5 Å². The van der Waals surface area contributed by atoms with Crippen LogP contribution >= 0.6 is 0 Å². The van der Waals surface area contributed by atoms with Crippen molar-refractivity contribution in [2.45, 2.75) is 45.1 Å². The van der Waals surface area contributed by atoms with Crippen molar-refractivity contribution in [3.05, 3.63) is 11.6 Å². The molecule has 0 radical (unpaired) electrons. The van der Waals surface area contributed by atoms with Crippen LogP contribution in [0.5, 0.6) is 0 Å². The number of hydrogen-bond acceptors (Lipinski definition) is 3. The van der Waals surface area contributed by atoms with Gasteiger partial charge in [0.15, 0.2) is 0 Å². The first-order valence-corrected chi connectivity index (χ1v) is 5.37. The third kappa shape index (κ3) is 1.43. The van der Waals surface area contributed by atoms with E-state index in [2.05, 4.69) is 28.6 Å². The Kier molecular flexibility index (Phi) is 2.54. The molecule has 1 atom stereocenters. The average Bonchev–Trinajstić information content (AvgIpc) is 2.60. The Morgan fingerprint density at radius 1 is 1.50 bits per heavy atom. The Hall–Kier alpha value is -0.900. The van der Waals surface area contributed by atoms with Crippen molar-refractivity contribution < 1.29 is 0 Å². The molecular weight excluding hydrogens is 176 g/mol. The van der Waals surface area contributed by atoms with Gasteiger partial charge in [0.05, 0.1) is 0 Å². The largest absolute Gasteiger partial charge is 0.330 e. The highest BCUT2D eigenvalue weighted by atomic mass is 15.3. The molecule has 0 saturated heterocycles. The second-order valence-corrected chi connectivity index (χ2v) is 4.30. The number of nitrogens with zero attached hydrogens (tertiary/aromatic N) is 3. The van der Waals surface area contributed by atoms with E-state index in [4.69, 9.17) is 5.73 Å². The molecule has 0 amide bonds. The van der Waals surface area contributed by atoms with Gasteiger partial charge < -0.3 is 10.3 Å². The monoisotopic (exact) mass is 194 g/mol. The standard InChI is InChI=1S/C10H18N4/c1-7(2)9-12-13-10-8(6-11)4-3-5-14(9)10/h7-8H,3-6,11H2,1-2H3. The van der Waals surface area contributed by atoms with E-state index in [0.717, 1.165) is 24.6 Å². The molecule has 14 heavy (non-hydrogen) atoms. The summed E-state index contributed by atoms with van der Waals surface area (Å²) in [6, 6.07) is 0. The van der Waals surface area contributed by atoms with Crippen molar-refractivity contribution in [2.24, 2.45) is 5.73 Å². The van der Waals surface area contributed by atoms with Gasteiger partial charge >= 0.3 is 0 Å². The van der Waals surface area contributed by atoms with Crippen molar-refractivity contribution in [1.82, 2.24) is 14.8 Å². The number of rotatable bonds is 2. The quantitative estimate of drug-likeness (QED) is 0.770. The molecule has 2 N–H and O–H groups in total. The molecule has 1 aliphatic rings. The van der Waals surface area contributed by atoms with Crippen LogP contribution in [0.2, 0.25) is 0 Å². The van der Waals surface area contributed by atoms with Gasteiger partial charge in [0.25, 0.3) is 0 Å². The average molecular weight is 194 g/mol. The van der Waals surface area contributed by atoms with Crippen LogP contribution in [-0.4, -0.2) is 21.3 Å². The molecule has 0 aromatic carbocycles. The molecule has 1 aromatic heterocycles. The zero-order valence-corrected chi connectivity index (χ0v) is 8.90. The van der Waals surface area contributed by atoms with E-state index in [1.165, 1.54) is 6.42 Å². The van der Waals surface area contributed by atoms with Gasteiger partial charge in [-0.15, -0.1) is 10.2 Å². The van der Waals surface area contributed by atoms with Gasteiger partial charge in [-0.1, -0.05) is 13.8 Å². The van der Waals surface area contributed by atoms with Crippen molar-refractivity contribution in [3.63, 3.8) is 0 Å². The van der Waals surface area contributed by atoms with Crippen LogP contribution in [0.3, 0.4) is 0 Å². The fourth-order valence-electron chi connectivity index (χ4n) is 2.13. The van der Waals surface area contributed by atoms with E-state index in [9.17, 15) is 0 Å². The van der Waals surface area contributed by atoms with E-state index < -0.39 is 0 Å². The van der Waals surface area contributed by atoms with Crippen LogP contribution in [0.15, 0.2) is 0 Å². The Balaban J connectivity index is 2.37. The lowest BCUT2D eigenvalue weighted by Crippen LogP contribution is -2.23. The maximum absolute atomic E-state index is 5.72. The summed E-state index contributed by atoms with van der Waals surface area (Å²) >= 11 is 0. The topological polar surface area (TPSA) is 56.7 Å². The van der Waals surface area contributed by atoms with E-state index >= 15 is 0 Å². The van der Waals surface area contributed by atoms with Gasteiger partial charge in [0.1, 0.15) is 11.6 Å². The van der Waals surface area contributed by atoms with Crippen LogP contribution in [0.25, 0.3) is 0 Å². The van der Waals surface area contributed by atoms with Gasteiger partial charge in [0.2, 0.25) is 0 Å². The lowest BCUT2D eigenvalue weighted by Gasteiger charge is -2.22. The predicted octanol–water partition coefficient (Wildman–Crippen LogP) is 1.24. The highest BCUT2D eigenvalue weighted by molar-refractivity contribution is 5.07. The SMILES string of the molecule is CC(C)c1nnc2n1CCCC2CN. The fourth-order valence-corrected chi connectivity index (χ4v) is 2.13. The Morgan fingerprint density at radius 2 is 2.29 bits per heavy atom. The predicted molar refractivity (Wildman–Crippen MR) is 55.1 cm³/mol. The molecule has 1 aliphatic heterocycles. The smallest absolute Gasteiger partial charge is 0.137 e. The number of nitrogens with two attached hydrogens (primary N) is 1. The van der Waals surface area contributed by atoms with Crippen molar-refractivity contribution in [1.29, 1.82) is 0 Å². The third-order valence-electron chi connectivity index (χ3n) is 2.91. The molecule has 0 aliphatic carbocycles. The minimum atomic E-state index is 0.420. The summed E-state index contributed by atoms with van der Waals surface area (Å²) in [6.07, 6.45) is 2.36. The third-order valence-corrected chi connectivity index (χ3v) is 2.91. The van der Waals surface area contributed by atoms with Crippen LogP contribution in [0.1, 0.15) is 50.2 Å². The van der Waals surface area contributed by atoms with Crippen molar-refractivity contribution in [3.8, 4) is 0 Å². The van der Waals surface area contributed by atoms with Crippen LogP contribution < -0.4 is 5.73 Å². The summed E-state index contributed by atoms with van der Waals surface area (Å²) in [5, 5.41) is 8.52. The van der Waals surface area contributed by atoms with Gasteiger partial charge in [0, 0.05) is 24.9 Å². The number of fused-ring (bicyclic) bond motifs is 1. The summed E-state index contributed by atoms with van der Waals surface area (Å²) < 4.78 is 2.26. The van der Waals surface area contributed by atoms with Crippen LogP contribution in [0, 0.1) is 0 Å². The highest BCUT2D eigenvalue weighted by Crippen LogP contribution is 2.27. The summed E-state index contributed by atoms with van der Waals surface area (Å²) in [6.45, 7) is 6.06. The number of hydrogen-bond donors (Lipinski definition) is 1. The molecule has 0 spiro atoms. The summed E-state index contributed by atoms with van der Waals surface area (Å²) in [5.41, 5.74) is 5.72. The van der Waals surface area contributed by atoms with Gasteiger partial charge in [-0.25, -0.2) is 0 Å². The molecule has 0 bridgehead atoms. The zero-order valence-electron chi connectivity index (χ0n) is 8.90. The van der Waals surface area contributed by atoms with E-state index in [1.54, 1.807) is 0 Å². The minimum Gasteiger partial charge on any atom is -0.330 e. The van der Waals surface area contributed by atoms with Crippen LogP contribution in [0.4, 0.5) is 0 Å². The van der Waals surface area contributed by atoms with Gasteiger partial charge in [-0.05, 0) is 12.8 Å². The lowest BCUT2D eigenvalue weighted by molar-refractivity contribution is 0.435. The molecule has 78 valence electrons. The maximum Gasteiger partial charge on any atom is 0.137 e. The fraction of sp³-hybridized carbons (Fsp3) is 0.800. The second kappa shape index (κ2) is 3.69. The van der Waals surface area contributed by atoms with Gasteiger partial charge in [-0.3, -0.25) is 0 Å². The Bertz CT molecular complexity index is 316.